The van der Waals surface area contributed by atoms with E-state index in [1.165, 1.54) is 36.6 Å². The van der Waals surface area contributed by atoms with Gasteiger partial charge in [0.05, 0.1) is 19.0 Å². The van der Waals surface area contributed by atoms with Crippen LogP contribution in [0.5, 0.6) is 5.75 Å². The van der Waals surface area contributed by atoms with Crippen molar-refractivity contribution in [3.05, 3.63) is 92.2 Å². The molecule has 0 spiro atoms. The number of rotatable bonds is 9. The third-order valence-electron chi connectivity index (χ3n) is 5.27. The summed E-state index contributed by atoms with van der Waals surface area (Å²) in [6, 6.07) is 13.1. The van der Waals surface area contributed by atoms with Crippen molar-refractivity contribution in [3.63, 3.8) is 0 Å². The number of anilines is 2. The number of carboxylic acid groups (broad SMARTS) is 1. The summed E-state index contributed by atoms with van der Waals surface area (Å²) in [6.45, 7) is 4.75. The first-order chi connectivity index (χ1) is 18.1. The van der Waals surface area contributed by atoms with E-state index in [1.54, 1.807) is 0 Å². The lowest BCUT2D eigenvalue weighted by atomic mass is 10.1. The number of nitrogens with one attached hydrogen (secondary N) is 1. The van der Waals surface area contributed by atoms with Gasteiger partial charge in [-0.3, -0.25) is 4.57 Å². The number of allylic oxidation sites excluding steroid dienone is 1. The number of benzene rings is 2. The summed E-state index contributed by atoms with van der Waals surface area (Å²) >= 11 is 0. The number of halogens is 1. The Morgan fingerprint density at radius 1 is 1.24 bits per heavy atom. The van der Waals surface area contributed by atoms with Gasteiger partial charge in [0.2, 0.25) is 5.95 Å². The minimum absolute atomic E-state index is 0.0501. The fourth-order valence-electron chi connectivity index (χ4n) is 3.37. The van der Waals surface area contributed by atoms with Gasteiger partial charge in [-0.2, -0.15) is 10.2 Å². The molecule has 2 aromatic carbocycles. The van der Waals surface area contributed by atoms with Gasteiger partial charge in [0, 0.05) is 25.2 Å². The number of carbonyl (C=O) groups is 1. The lowest BCUT2D eigenvalue weighted by Gasteiger charge is -2.16. The van der Waals surface area contributed by atoms with Crippen LogP contribution in [0.4, 0.5) is 16.0 Å². The molecule has 0 unspecified atom stereocenters. The van der Waals surface area contributed by atoms with E-state index in [9.17, 15) is 18.8 Å². The molecule has 0 fully saturated rings. The zero-order valence-electron chi connectivity index (χ0n) is 20.9. The Bertz CT molecular complexity index is 1560. The Morgan fingerprint density at radius 3 is 2.55 bits per heavy atom. The molecule has 0 bridgehead atoms. The minimum Gasteiger partial charge on any atom is -0.477 e. The van der Waals surface area contributed by atoms with Crippen LogP contribution >= 0.6 is 0 Å². The summed E-state index contributed by atoms with van der Waals surface area (Å²) in [5.74, 6) is -2.48. The molecule has 0 saturated heterocycles. The first kappa shape index (κ1) is 27.5. The Hall–Kier alpha value is -5.05. The van der Waals surface area contributed by atoms with Crippen molar-refractivity contribution in [1.29, 1.82) is 5.26 Å². The normalized spacial score (nSPS) is 11.7. The van der Waals surface area contributed by atoms with Crippen LogP contribution in [0.15, 0.2) is 68.8 Å². The maximum absolute atomic E-state index is 14.8. The zero-order chi connectivity index (χ0) is 27.8. The number of carboxylic acids is 1. The van der Waals surface area contributed by atoms with Gasteiger partial charge in [0.25, 0.3) is 0 Å². The molecule has 11 nitrogen and oxygen atoms in total. The summed E-state index contributed by atoms with van der Waals surface area (Å²) in [7, 11) is 0. The van der Waals surface area contributed by atoms with E-state index >= 15 is 0 Å². The third kappa shape index (κ3) is 6.79. The SMILES string of the molecule is C/C=C(\N=C(C)Oc1ccc(Nc2nc(=O)n(CCC#N)c(=O)n2Cc2ccc(C)cc2)cc1F)C(=O)O. The lowest BCUT2D eigenvalue weighted by Crippen LogP contribution is -2.42. The highest BCUT2D eigenvalue weighted by molar-refractivity contribution is 5.90. The molecule has 1 aromatic heterocycles. The standard InChI is InChI=1S/C26H25FN6O5/c1-4-21(23(34)35)29-17(3)38-22-11-10-19(14-20(22)27)30-24-31-25(36)32(13-5-12-28)26(37)33(24)15-18-8-6-16(2)7-9-18/h4,6-11,14H,5,13,15H2,1-3H3,(H,34,35)(H,30,31,36)/b21-4-,29-17?. The third-order valence-corrected chi connectivity index (χ3v) is 5.27. The highest BCUT2D eigenvalue weighted by Gasteiger charge is 2.15. The fraction of sp³-hybridized carbons (Fsp3) is 0.231. The Balaban J connectivity index is 1.95. The maximum atomic E-state index is 14.8. The van der Waals surface area contributed by atoms with Crippen molar-refractivity contribution in [1.82, 2.24) is 14.1 Å². The predicted molar refractivity (Wildman–Crippen MR) is 138 cm³/mol. The van der Waals surface area contributed by atoms with E-state index in [-0.39, 0.29) is 48.5 Å². The average molecular weight is 521 g/mol. The van der Waals surface area contributed by atoms with Crippen molar-refractivity contribution in [2.24, 2.45) is 4.99 Å². The number of aryl methyl sites for hydroxylation is 1. The number of hydrogen-bond donors (Lipinski definition) is 2. The topological polar surface area (TPSA) is 152 Å². The van der Waals surface area contributed by atoms with Crippen molar-refractivity contribution < 1.29 is 19.0 Å². The summed E-state index contributed by atoms with van der Waals surface area (Å²) in [4.78, 5) is 44.6. The maximum Gasteiger partial charge on any atom is 0.354 e. The van der Waals surface area contributed by atoms with Gasteiger partial charge in [-0.15, -0.1) is 0 Å². The molecule has 2 N–H and O–H groups in total. The van der Waals surface area contributed by atoms with Crippen molar-refractivity contribution in [3.8, 4) is 11.8 Å². The molecule has 38 heavy (non-hydrogen) atoms. The molecule has 0 aliphatic heterocycles. The second-order valence-electron chi connectivity index (χ2n) is 8.11. The van der Waals surface area contributed by atoms with Gasteiger partial charge >= 0.3 is 17.3 Å². The van der Waals surface area contributed by atoms with Crippen LogP contribution in [0.1, 0.15) is 31.4 Å². The summed E-state index contributed by atoms with van der Waals surface area (Å²) < 4.78 is 22.2. The van der Waals surface area contributed by atoms with Crippen LogP contribution in [-0.2, 0) is 17.9 Å². The highest BCUT2D eigenvalue weighted by Crippen LogP contribution is 2.23. The van der Waals surface area contributed by atoms with Crippen molar-refractivity contribution in [2.75, 3.05) is 5.32 Å². The van der Waals surface area contributed by atoms with Gasteiger partial charge in [0.15, 0.2) is 17.5 Å². The van der Waals surface area contributed by atoms with Gasteiger partial charge in [-0.05, 0) is 31.5 Å². The lowest BCUT2D eigenvalue weighted by molar-refractivity contribution is -0.132. The van der Waals surface area contributed by atoms with E-state index in [2.05, 4.69) is 15.3 Å². The predicted octanol–water partition coefficient (Wildman–Crippen LogP) is 3.34. The van der Waals surface area contributed by atoms with Crippen LogP contribution < -0.4 is 21.4 Å². The summed E-state index contributed by atoms with van der Waals surface area (Å²) in [6.07, 6.45) is 1.22. The number of aliphatic imine (C=N–C) groups is 1. The van der Waals surface area contributed by atoms with Crippen LogP contribution in [0.25, 0.3) is 0 Å². The minimum atomic E-state index is -1.26. The second kappa shape index (κ2) is 12.3. The number of aromatic nitrogens is 3. The summed E-state index contributed by atoms with van der Waals surface area (Å²) in [5.41, 5.74) is 0.178. The molecule has 0 atom stereocenters. The van der Waals surface area contributed by atoms with E-state index in [1.807, 2.05) is 37.3 Å². The first-order valence-electron chi connectivity index (χ1n) is 11.5. The Morgan fingerprint density at radius 2 is 1.95 bits per heavy atom. The molecule has 3 rings (SSSR count). The molecule has 196 valence electrons. The molecule has 12 heteroatoms. The quantitative estimate of drug-likeness (QED) is 0.248. The van der Waals surface area contributed by atoms with Crippen molar-refractivity contribution >= 4 is 23.5 Å². The van der Waals surface area contributed by atoms with E-state index < -0.39 is 23.2 Å². The van der Waals surface area contributed by atoms with Crippen LogP contribution in [-0.4, -0.2) is 31.1 Å². The van der Waals surface area contributed by atoms with Gasteiger partial charge in [0.1, 0.15) is 5.70 Å². The first-order valence-corrected chi connectivity index (χ1v) is 11.5. The van der Waals surface area contributed by atoms with Gasteiger partial charge in [-0.25, -0.2) is 28.3 Å². The van der Waals surface area contributed by atoms with E-state index in [0.29, 0.717) is 0 Å². The molecule has 0 radical (unpaired) electrons. The van der Waals surface area contributed by atoms with Gasteiger partial charge in [-0.1, -0.05) is 35.9 Å². The fourth-order valence-corrected chi connectivity index (χ4v) is 3.37. The number of ether oxygens (including phenoxy) is 1. The Labute approximate surface area is 216 Å². The number of aliphatic carboxylic acids is 1. The zero-order valence-corrected chi connectivity index (χ0v) is 20.9. The summed E-state index contributed by atoms with van der Waals surface area (Å²) in [5, 5.41) is 20.8. The molecule has 3 aromatic rings. The molecular formula is C26H25FN6O5. The molecule has 0 aliphatic carbocycles. The van der Waals surface area contributed by atoms with Crippen LogP contribution in [0.3, 0.4) is 0 Å². The smallest absolute Gasteiger partial charge is 0.354 e. The largest absolute Gasteiger partial charge is 0.477 e. The number of nitrogens with zero attached hydrogens (tertiary/aromatic N) is 5. The van der Waals surface area contributed by atoms with E-state index in [0.717, 1.165) is 21.8 Å². The number of hydrogen-bond acceptors (Lipinski definition) is 8. The van der Waals surface area contributed by atoms with Crippen LogP contribution in [0.2, 0.25) is 0 Å². The van der Waals surface area contributed by atoms with Gasteiger partial charge < -0.3 is 15.2 Å². The monoisotopic (exact) mass is 520 g/mol. The number of nitriles is 1. The average Bonchev–Trinajstić information content (AvgIpc) is 2.87. The molecule has 0 amide bonds. The van der Waals surface area contributed by atoms with E-state index in [4.69, 9.17) is 15.1 Å². The molecule has 1 heterocycles. The highest BCUT2D eigenvalue weighted by atomic mass is 19.1. The van der Waals surface area contributed by atoms with Crippen LogP contribution in [0, 0.1) is 24.1 Å². The second-order valence-corrected chi connectivity index (χ2v) is 8.11. The molecule has 0 saturated carbocycles. The molecular weight excluding hydrogens is 495 g/mol. The van der Waals surface area contributed by atoms with Crippen molar-refractivity contribution in [2.45, 2.75) is 40.3 Å². The molecule has 0 aliphatic rings. The Kier molecular flexibility index (Phi) is 8.89.